The van der Waals surface area contributed by atoms with Gasteiger partial charge in [-0.3, -0.25) is 9.35 Å². The van der Waals surface area contributed by atoms with E-state index in [4.69, 9.17) is 4.55 Å². The van der Waals surface area contributed by atoms with Crippen molar-refractivity contribution in [3.05, 3.63) is 0 Å². The zero-order valence-corrected chi connectivity index (χ0v) is 7.26. The highest BCUT2D eigenvalue weighted by molar-refractivity contribution is 7.76. The quantitative estimate of drug-likeness (QED) is 0.474. The SMILES string of the molecule is CCOC(=O)CN(C)S(=O)O. The first kappa shape index (κ1) is 10.5. The number of hydrogen-bond donors (Lipinski definition) is 1. The van der Waals surface area contributed by atoms with E-state index in [9.17, 15) is 9.00 Å². The third-order valence-corrected chi connectivity index (χ3v) is 1.59. The molecule has 1 unspecified atom stereocenters. The van der Waals surface area contributed by atoms with E-state index in [2.05, 4.69) is 4.74 Å². The van der Waals surface area contributed by atoms with Gasteiger partial charge in [0.2, 0.25) is 11.3 Å². The Labute approximate surface area is 67.7 Å². The molecular weight excluding hydrogens is 170 g/mol. The van der Waals surface area contributed by atoms with Gasteiger partial charge in [-0.05, 0) is 6.92 Å². The molecule has 6 heteroatoms. The van der Waals surface area contributed by atoms with E-state index in [1.807, 2.05) is 0 Å². The lowest BCUT2D eigenvalue weighted by atomic mass is 10.6. The van der Waals surface area contributed by atoms with Crippen LogP contribution in [0.5, 0.6) is 0 Å². The summed E-state index contributed by atoms with van der Waals surface area (Å²) < 4.78 is 24.2. The molecule has 0 bridgehead atoms. The Hall–Kier alpha value is -0.460. The van der Waals surface area contributed by atoms with Crippen molar-refractivity contribution in [3.63, 3.8) is 0 Å². The Kier molecular flexibility index (Phi) is 5.01. The second-order valence-electron chi connectivity index (χ2n) is 1.82. The molecule has 0 aromatic carbocycles. The lowest BCUT2D eigenvalue weighted by Crippen LogP contribution is -2.28. The van der Waals surface area contributed by atoms with Crippen LogP contribution >= 0.6 is 0 Å². The van der Waals surface area contributed by atoms with E-state index in [0.717, 1.165) is 4.31 Å². The fraction of sp³-hybridized carbons (Fsp3) is 0.800. The topological polar surface area (TPSA) is 66.8 Å². The van der Waals surface area contributed by atoms with Crippen LogP contribution in [0.1, 0.15) is 6.92 Å². The van der Waals surface area contributed by atoms with Gasteiger partial charge < -0.3 is 4.74 Å². The second kappa shape index (κ2) is 5.22. The molecule has 0 amide bonds. The average molecular weight is 181 g/mol. The summed E-state index contributed by atoms with van der Waals surface area (Å²) in [4.78, 5) is 10.6. The fourth-order valence-corrected chi connectivity index (χ4v) is 0.660. The molecule has 0 aliphatic heterocycles. The molecule has 0 aliphatic rings. The van der Waals surface area contributed by atoms with Crippen LogP contribution in [0.15, 0.2) is 0 Å². The molecule has 0 fully saturated rings. The summed E-state index contributed by atoms with van der Waals surface area (Å²) in [6.45, 7) is 1.79. The van der Waals surface area contributed by atoms with Crippen molar-refractivity contribution in [2.75, 3.05) is 20.2 Å². The standard InChI is InChI=1S/C5H11NO4S/c1-3-10-5(7)4-6(2)11(8)9/h3-4H2,1-2H3,(H,8,9). The number of ether oxygens (including phenoxy) is 1. The number of rotatable bonds is 4. The Morgan fingerprint density at radius 1 is 1.73 bits per heavy atom. The molecule has 0 aromatic rings. The number of hydrogen-bond acceptors (Lipinski definition) is 3. The van der Waals surface area contributed by atoms with E-state index < -0.39 is 17.2 Å². The number of likely N-dealkylation sites (N-methyl/N-ethyl adjacent to an activating group) is 1. The van der Waals surface area contributed by atoms with Crippen molar-refractivity contribution in [2.45, 2.75) is 6.92 Å². The van der Waals surface area contributed by atoms with E-state index in [-0.39, 0.29) is 13.2 Å². The summed E-state index contributed by atoms with van der Waals surface area (Å²) in [7, 11) is 1.35. The largest absolute Gasteiger partial charge is 0.465 e. The number of nitrogens with zero attached hydrogens (tertiary/aromatic N) is 1. The lowest BCUT2D eigenvalue weighted by molar-refractivity contribution is -0.143. The highest BCUT2D eigenvalue weighted by Gasteiger charge is 2.10. The van der Waals surface area contributed by atoms with Gasteiger partial charge in [0.1, 0.15) is 6.54 Å². The minimum absolute atomic E-state index is 0.170. The van der Waals surface area contributed by atoms with Gasteiger partial charge in [0.05, 0.1) is 6.61 Å². The number of esters is 1. The predicted octanol–water partition coefficient (Wildman–Crippen LogP) is -0.382. The van der Waals surface area contributed by atoms with E-state index in [1.165, 1.54) is 7.05 Å². The third-order valence-electron chi connectivity index (χ3n) is 0.924. The first-order chi connectivity index (χ1) is 5.07. The Bertz CT molecular complexity index is 161. The van der Waals surface area contributed by atoms with E-state index in [0.29, 0.717) is 0 Å². The minimum atomic E-state index is -2.10. The molecule has 0 rings (SSSR count). The highest BCUT2D eigenvalue weighted by Crippen LogP contribution is 1.87. The van der Waals surface area contributed by atoms with Crippen molar-refractivity contribution in [3.8, 4) is 0 Å². The molecule has 5 nitrogen and oxygen atoms in total. The summed E-state index contributed by atoms with van der Waals surface area (Å²) in [5.41, 5.74) is 0. The molecule has 0 spiro atoms. The highest BCUT2D eigenvalue weighted by atomic mass is 32.2. The minimum Gasteiger partial charge on any atom is -0.465 e. The van der Waals surface area contributed by atoms with Crippen LogP contribution in [0.4, 0.5) is 0 Å². The predicted molar refractivity (Wildman–Crippen MR) is 40.0 cm³/mol. The number of carbonyl (C=O) groups excluding carboxylic acids is 1. The van der Waals surface area contributed by atoms with Gasteiger partial charge in [0.25, 0.3) is 0 Å². The Morgan fingerprint density at radius 2 is 2.27 bits per heavy atom. The van der Waals surface area contributed by atoms with Crippen LogP contribution in [-0.2, 0) is 20.8 Å². The van der Waals surface area contributed by atoms with Crippen LogP contribution in [0.3, 0.4) is 0 Å². The van der Waals surface area contributed by atoms with Crippen LogP contribution in [0.25, 0.3) is 0 Å². The lowest BCUT2D eigenvalue weighted by Gasteiger charge is -2.09. The molecule has 0 radical (unpaired) electrons. The maximum absolute atomic E-state index is 10.6. The second-order valence-corrected chi connectivity index (χ2v) is 2.91. The Balaban J connectivity index is 3.66. The van der Waals surface area contributed by atoms with Crippen molar-refractivity contribution in [2.24, 2.45) is 0 Å². The van der Waals surface area contributed by atoms with Crippen molar-refractivity contribution >= 4 is 17.2 Å². The van der Waals surface area contributed by atoms with Crippen LogP contribution in [0, 0.1) is 0 Å². The third kappa shape index (κ3) is 4.88. The summed E-state index contributed by atoms with van der Waals surface area (Å²) in [6, 6.07) is 0. The van der Waals surface area contributed by atoms with E-state index >= 15 is 0 Å². The van der Waals surface area contributed by atoms with Crippen LogP contribution in [0.2, 0.25) is 0 Å². The number of carbonyl (C=O) groups is 1. The normalized spacial score (nSPS) is 13.1. The van der Waals surface area contributed by atoms with Gasteiger partial charge in [0, 0.05) is 7.05 Å². The molecule has 0 saturated carbocycles. The van der Waals surface area contributed by atoms with Crippen LogP contribution < -0.4 is 0 Å². The first-order valence-corrected chi connectivity index (χ1v) is 4.12. The summed E-state index contributed by atoms with van der Waals surface area (Å²) in [5.74, 6) is -0.502. The fourth-order valence-electron chi connectivity index (χ4n) is 0.444. The summed E-state index contributed by atoms with van der Waals surface area (Å²) in [5, 5.41) is 0. The maximum atomic E-state index is 10.6. The van der Waals surface area contributed by atoms with Gasteiger partial charge in [0.15, 0.2) is 0 Å². The van der Waals surface area contributed by atoms with Gasteiger partial charge in [-0.15, -0.1) is 0 Å². The molecule has 11 heavy (non-hydrogen) atoms. The Morgan fingerprint density at radius 3 is 2.64 bits per heavy atom. The van der Waals surface area contributed by atoms with Crippen LogP contribution in [-0.4, -0.2) is 39.2 Å². The smallest absolute Gasteiger partial charge is 0.321 e. The van der Waals surface area contributed by atoms with Gasteiger partial charge in [-0.2, -0.15) is 4.31 Å². The van der Waals surface area contributed by atoms with Gasteiger partial charge in [-0.1, -0.05) is 0 Å². The monoisotopic (exact) mass is 181 g/mol. The molecular formula is C5H11NO4S. The van der Waals surface area contributed by atoms with Gasteiger partial charge >= 0.3 is 5.97 Å². The molecule has 0 aromatic heterocycles. The molecule has 0 saturated heterocycles. The summed E-state index contributed by atoms with van der Waals surface area (Å²) >= 11 is -2.10. The summed E-state index contributed by atoms with van der Waals surface area (Å²) in [6.07, 6.45) is 0. The maximum Gasteiger partial charge on any atom is 0.321 e. The molecule has 0 aliphatic carbocycles. The van der Waals surface area contributed by atoms with Crippen molar-refractivity contribution in [1.29, 1.82) is 0 Å². The van der Waals surface area contributed by atoms with E-state index in [1.54, 1.807) is 6.92 Å². The zero-order chi connectivity index (χ0) is 8.85. The molecule has 0 heterocycles. The van der Waals surface area contributed by atoms with Crippen molar-refractivity contribution in [1.82, 2.24) is 4.31 Å². The first-order valence-electron chi connectivity index (χ1n) is 3.05. The molecule has 66 valence electrons. The molecule has 1 N–H and O–H groups in total. The van der Waals surface area contributed by atoms with Crippen molar-refractivity contribution < 1.29 is 18.3 Å². The zero-order valence-electron chi connectivity index (χ0n) is 6.44. The molecule has 1 atom stereocenters. The van der Waals surface area contributed by atoms with Gasteiger partial charge in [-0.25, -0.2) is 4.21 Å². The average Bonchev–Trinajstić information content (AvgIpc) is 1.87.